The van der Waals surface area contributed by atoms with Crippen LogP contribution in [0.5, 0.6) is 0 Å². The van der Waals surface area contributed by atoms with E-state index in [2.05, 4.69) is 20.1 Å². The zero-order chi connectivity index (χ0) is 23.8. The predicted molar refractivity (Wildman–Crippen MR) is 125 cm³/mol. The maximum Gasteiger partial charge on any atom is 0.256 e. The van der Waals surface area contributed by atoms with Crippen LogP contribution in [0.15, 0.2) is 64.2 Å². The van der Waals surface area contributed by atoms with E-state index in [0.717, 1.165) is 0 Å². The van der Waals surface area contributed by atoms with Crippen LogP contribution in [0.4, 0.5) is 5.69 Å². The number of anilines is 1. The Morgan fingerprint density at radius 3 is 2.42 bits per heavy atom. The third-order valence-corrected chi connectivity index (χ3v) is 6.56. The molecule has 3 aromatic heterocycles. The van der Waals surface area contributed by atoms with Crippen molar-refractivity contribution in [3.05, 3.63) is 60.5 Å². The second-order valence-electron chi connectivity index (χ2n) is 8.21. The first-order valence-electron chi connectivity index (χ1n) is 10.5. The first-order valence-corrected chi connectivity index (χ1v) is 12.0. The standard InChI is InChI=1S/C23H25N5O4S/c1-14(2)27-33(30,31)17-9-7-16(8-10-17)25-23(29)18-12-20(21-6-5-11-32-21)26-22-19(18)13-24-28(22)15(3)4/h5-15,27H,1-4H3,(H,25,29). The van der Waals surface area contributed by atoms with Gasteiger partial charge >= 0.3 is 0 Å². The molecule has 0 fully saturated rings. The molecule has 0 spiro atoms. The van der Waals surface area contributed by atoms with Gasteiger partial charge in [-0.15, -0.1) is 0 Å². The Morgan fingerprint density at radius 2 is 1.82 bits per heavy atom. The Balaban J connectivity index is 1.68. The highest BCUT2D eigenvalue weighted by Crippen LogP contribution is 2.27. The minimum absolute atomic E-state index is 0.0479. The average molecular weight is 468 g/mol. The zero-order valence-corrected chi connectivity index (χ0v) is 19.6. The van der Waals surface area contributed by atoms with Crippen molar-refractivity contribution in [3.63, 3.8) is 0 Å². The predicted octanol–water partition coefficient (Wildman–Crippen LogP) is 4.21. The second kappa shape index (κ2) is 8.80. The van der Waals surface area contributed by atoms with Gasteiger partial charge in [0, 0.05) is 17.8 Å². The van der Waals surface area contributed by atoms with Gasteiger partial charge in [-0.2, -0.15) is 5.10 Å². The number of carbonyl (C=O) groups excluding carboxylic acids is 1. The molecule has 0 aliphatic carbocycles. The van der Waals surface area contributed by atoms with Gasteiger partial charge in [-0.05, 0) is 70.2 Å². The van der Waals surface area contributed by atoms with Crippen molar-refractivity contribution in [3.8, 4) is 11.5 Å². The maximum absolute atomic E-state index is 13.2. The summed E-state index contributed by atoms with van der Waals surface area (Å²) in [4.78, 5) is 18.0. The van der Waals surface area contributed by atoms with E-state index in [1.807, 2.05) is 13.8 Å². The van der Waals surface area contributed by atoms with Crippen molar-refractivity contribution >= 4 is 32.7 Å². The van der Waals surface area contributed by atoms with Crippen LogP contribution in [-0.4, -0.2) is 35.1 Å². The Hall–Kier alpha value is -3.50. The molecule has 33 heavy (non-hydrogen) atoms. The number of nitrogens with zero attached hydrogens (tertiary/aromatic N) is 3. The third-order valence-electron chi connectivity index (χ3n) is 4.89. The number of amides is 1. The largest absolute Gasteiger partial charge is 0.463 e. The van der Waals surface area contributed by atoms with Crippen molar-refractivity contribution in [1.82, 2.24) is 19.5 Å². The lowest BCUT2D eigenvalue weighted by molar-refractivity contribution is 0.102. The highest BCUT2D eigenvalue weighted by atomic mass is 32.2. The number of benzene rings is 1. The van der Waals surface area contributed by atoms with Crippen LogP contribution in [0, 0.1) is 0 Å². The number of sulfonamides is 1. The Kier molecular flexibility index (Phi) is 6.05. The van der Waals surface area contributed by atoms with Gasteiger partial charge in [0.05, 0.1) is 28.3 Å². The number of nitrogens with one attached hydrogen (secondary N) is 2. The molecule has 2 N–H and O–H groups in total. The maximum atomic E-state index is 13.2. The fourth-order valence-electron chi connectivity index (χ4n) is 3.43. The molecule has 1 amide bonds. The van der Waals surface area contributed by atoms with Gasteiger partial charge in [-0.25, -0.2) is 22.8 Å². The summed E-state index contributed by atoms with van der Waals surface area (Å²) < 4.78 is 34.4. The molecule has 4 rings (SSSR count). The van der Waals surface area contributed by atoms with E-state index in [0.29, 0.717) is 33.7 Å². The van der Waals surface area contributed by atoms with Crippen LogP contribution in [0.25, 0.3) is 22.5 Å². The molecule has 3 heterocycles. The van der Waals surface area contributed by atoms with Gasteiger partial charge < -0.3 is 9.73 Å². The summed E-state index contributed by atoms with van der Waals surface area (Å²) in [6, 6.07) is 11.0. The molecule has 0 saturated carbocycles. The molecule has 0 aliphatic rings. The smallest absolute Gasteiger partial charge is 0.256 e. The number of rotatable bonds is 7. The van der Waals surface area contributed by atoms with Crippen molar-refractivity contribution in [2.75, 3.05) is 5.32 Å². The molecule has 1 aromatic carbocycles. The van der Waals surface area contributed by atoms with Gasteiger partial charge in [0.2, 0.25) is 10.0 Å². The first kappa shape index (κ1) is 22.7. The zero-order valence-electron chi connectivity index (χ0n) is 18.7. The van der Waals surface area contributed by atoms with E-state index in [-0.39, 0.29) is 22.9 Å². The summed E-state index contributed by atoms with van der Waals surface area (Å²) in [5.74, 6) is 0.170. The van der Waals surface area contributed by atoms with Crippen LogP contribution < -0.4 is 10.0 Å². The van der Waals surface area contributed by atoms with E-state index in [9.17, 15) is 13.2 Å². The highest BCUT2D eigenvalue weighted by Gasteiger charge is 2.20. The topological polar surface area (TPSA) is 119 Å². The summed E-state index contributed by atoms with van der Waals surface area (Å²) >= 11 is 0. The summed E-state index contributed by atoms with van der Waals surface area (Å²) in [7, 11) is -3.61. The van der Waals surface area contributed by atoms with E-state index in [1.165, 1.54) is 12.1 Å². The van der Waals surface area contributed by atoms with Gasteiger partial charge in [-0.1, -0.05) is 0 Å². The van der Waals surface area contributed by atoms with E-state index < -0.39 is 10.0 Å². The van der Waals surface area contributed by atoms with E-state index in [1.54, 1.807) is 61.3 Å². The number of hydrogen-bond acceptors (Lipinski definition) is 6. The lowest BCUT2D eigenvalue weighted by Gasteiger charge is -2.12. The van der Waals surface area contributed by atoms with Crippen LogP contribution in [0.1, 0.15) is 44.1 Å². The van der Waals surface area contributed by atoms with Gasteiger partial charge in [-0.3, -0.25) is 4.79 Å². The van der Waals surface area contributed by atoms with Gasteiger partial charge in [0.15, 0.2) is 11.4 Å². The normalized spacial score (nSPS) is 12.1. The minimum atomic E-state index is -3.61. The summed E-state index contributed by atoms with van der Waals surface area (Å²) in [6.07, 6.45) is 3.17. The molecule has 0 radical (unpaired) electrons. The molecular weight excluding hydrogens is 442 g/mol. The second-order valence-corrected chi connectivity index (χ2v) is 9.92. The van der Waals surface area contributed by atoms with Crippen LogP contribution in [0.2, 0.25) is 0 Å². The van der Waals surface area contributed by atoms with E-state index >= 15 is 0 Å². The van der Waals surface area contributed by atoms with E-state index in [4.69, 9.17) is 4.42 Å². The molecular formula is C23H25N5O4S. The van der Waals surface area contributed by atoms with Gasteiger partial charge in [0.1, 0.15) is 5.69 Å². The summed E-state index contributed by atoms with van der Waals surface area (Å²) in [5, 5.41) is 7.84. The summed E-state index contributed by atoms with van der Waals surface area (Å²) in [5.41, 5.74) is 1.94. The van der Waals surface area contributed by atoms with Crippen LogP contribution >= 0.6 is 0 Å². The van der Waals surface area contributed by atoms with Crippen molar-refractivity contribution in [1.29, 1.82) is 0 Å². The molecule has 4 aromatic rings. The molecule has 172 valence electrons. The number of aromatic nitrogens is 3. The third kappa shape index (κ3) is 4.67. The van der Waals surface area contributed by atoms with Crippen molar-refractivity contribution in [2.45, 2.75) is 44.7 Å². The quantitative estimate of drug-likeness (QED) is 0.420. The first-order chi connectivity index (χ1) is 15.7. The van der Waals surface area contributed by atoms with Crippen LogP contribution in [0.3, 0.4) is 0 Å². The molecule has 0 bridgehead atoms. The molecule has 0 aliphatic heterocycles. The minimum Gasteiger partial charge on any atom is -0.463 e. The summed E-state index contributed by atoms with van der Waals surface area (Å²) in [6.45, 7) is 7.47. The molecule has 9 nitrogen and oxygen atoms in total. The van der Waals surface area contributed by atoms with Crippen LogP contribution in [-0.2, 0) is 10.0 Å². The number of pyridine rings is 1. The Bertz CT molecular complexity index is 1390. The number of carbonyl (C=O) groups is 1. The number of furan rings is 1. The Labute approximate surface area is 191 Å². The molecule has 10 heteroatoms. The fourth-order valence-corrected chi connectivity index (χ4v) is 4.68. The monoisotopic (exact) mass is 467 g/mol. The molecule has 0 atom stereocenters. The number of hydrogen-bond donors (Lipinski definition) is 2. The lowest BCUT2D eigenvalue weighted by Crippen LogP contribution is -2.30. The molecule has 0 unspecified atom stereocenters. The Morgan fingerprint density at radius 1 is 1.09 bits per heavy atom. The lowest BCUT2D eigenvalue weighted by atomic mass is 10.1. The fraction of sp³-hybridized carbons (Fsp3) is 0.261. The van der Waals surface area contributed by atoms with Gasteiger partial charge in [0.25, 0.3) is 5.91 Å². The number of fused-ring (bicyclic) bond motifs is 1. The van der Waals surface area contributed by atoms with Crippen molar-refractivity contribution < 1.29 is 17.6 Å². The van der Waals surface area contributed by atoms with Crippen molar-refractivity contribution in [2.24, 2.45) is 0 Å². The average Bonchev–Trinajstić information content (AvgIpc) is 3.42. The highest BCUT2D eigenvalue weighted by molar-refractivity contribution is 7.89. The SMILES string of the molecule is CC(C)NS(=O)(=O)c1ccc(NC(=O)c2cc(-c3ccco3)nc3c2cnn3C(C)C)cc1. The molecule has 0 saturated heterocycles.